The quantitative estimate of drug-likeness (QED) is 0.317. The van der Waals surface area contributed by atoms with E-state index >= 15 is 0 Å². The van der Waals surface area contributed by atoms with Crippen LogP contribution >= 0.6 is 11.6 Å². The van der Waals surface area contributed by atoms with E-state index in [0.717, 1.165) is 50.4 Å². The van der Waals surface area contributed by atoms with Crippen molar-refractivity contribution in [3.63, 3.8) is 0 Å². The summed E-state index contributed by atoms with van der Waals surface area (Å²) in [5.74, 6) is -0.0160. The summed E-state index contributed by atoms with van der Waals surface area (Å²) in [6.07, 6.45) is 2.45. The van der Waals surface area contributed by atoms with Gasteiger partial charge in [-0.15, -0.1) is 0 Å². The summed E-state index contributed by atoms with van der Waals surface area (Å²) < 4.78 is 0. The van der Waals surface area contributed by atoms with Gasteiger partial charge in [0.15, 0.2) is 0 Å². The first-order valence-corrected chi connectivity index (χ1v) is 12.8. The molecule has 1 amide bonds. The summed E-state index contributed by atoms with van der Waals surface area (Å²) >= 11 is 6.72. The second-order valence-electron chi connectivity index (χ2n) is 10.2. The highest BCUT2D eigenvalue weighted by molar-refractivity contribution is 6.34. The Bertz CT molecular complexity index is 1600. The molecule has 1 spiro atoms. The fourth-order valence-electron chi connectivity index (χ4n) is 5.62. The SMILES string of the molecule is CN(C)c1cc(-c2ccc(-c3cc4c(cc3Cl)NC(=O)C43CC3c3cccc(CC(=O)O)c3)cc2)ccn1. The van der Waals surface area contributed by atoms with Crippen LogP contribution in [0.3, 0.4) is 0 Å². The third-order valence-electron chi connectivity index (χ3n) is 7.64. The molecule has 1 saturated carbocycles. The Kier molecular flexibility index (Phi) is 5.73. The van der Waals surface area contributed by atoms with Gasteiger partial charge in [0, 0.05) is 37.5 Å². The van der Waals surface area contributed by atoms with Gasteiger partial charge in [-0.05, 0) is 64.1 Å². The smallest absolute Gasteiger partial charge is 0.307 e. The molecule has 190 valence electrons. The number of carboxylic acid groups (broad SMARTS) is 1. The molecule has 7 heteroatoms. The summed E-state index contributed by atoms with van der Waals surface area (Å²) in [4.78, 5) is 30.8. The van der Waals surface area contributed by atoms with Gasteiger partial charge in [0.25, 0.3) is 0 Å². The molecule has 1 aromatic heterocycles. The van der Waals surface area contributed by atoms with E-state index in [0.29, 0.717) is 11.4 Å². The summed E-state index contributed by atoms with van der Waals surface area (Å²) in [6, 6.07) is 23.7. The second-order valence-corrected chi connectivity index (χ2v) is 10.7. The van der Waals surface area contributed by atoms with Crippen molar-refractivity contribution in [3.05, 3.63) is 101 Å². The zero-order chi connectivity index (χ0) is 26.6. The second kappa shape index (κ2) is 8.99. The predicted molar refractivity (Wildman–Crippen MR) is 150 cm³/mol. The number of amides is 1. The number of pyridine rings is 1. The van der Waals surface area contributed by atoms with Gasteiger partial charge in [0.05, 0.1) is 16.9 Å². The van der Waals surface area contributed by atoms with Crippen molar-refractivity contribution in [3.8, 4) is 22.3 Å². The van der Waals surface area contributed by atoms with Gasteiger partial charge in [-0.2, -0.15) is 0 Å². The Balaban J connectivity index is 1.33. The van der Waals surface area contributed by atoms with Crippen molar-refractivity contribution in [1.29, 1.82) is 0 Å². The van der Waals surface area contributed by atoms with Crippen LogP contribution in [0.4, 0.5) is 11.5 Å². The minimum absolute atomic E-state index is 0.00789. The summed E-state index contributed by atoms with van der Waals surface area (Å²) in [5.41, 5.74) is 6.77. The molecule has 2 N–H and O–H groups in total. The molecule has 0 saturated heterocycles. The van der Waals surface area contributed by atoms with Crippen LogP contribution in [0.1, 0.15) is 29.0 Å². The van der Waals surface area contributed by atoms with Crippen molar-refractivity contribution in [1.82, 2.24) is 4.98 Å². The maximum Gasteiger partial charge on any atom is 0.307 e. The predicted octanol–water partition coefficient (Wildman–Crippen LogP) is 6.14. The normalized spacial score (nSPS) is 19.2. The molecule has 1 fully saturated rings. The number of nitrogens with one attached hydrogen (secondary N) is 1. The number of fused-ring (bicyclic) bond motifs is 2. The molecule has 6 nitrogen and oxygen atoms in total. The molecule has 3 aromatic carbocycles. The standard InChI is InChI=1S/C31H26ClN3O3/c1-35(2)28-14-21(10-11-33-28)19-6-8-20(9-7-19)23-15-24-27(16-26(23)32)34-30(38)31(24)17-25(31)22-5-3-4-18(12-22)13-29(36)37/h3-12,14-16,25H,13,17H2,1-2H3,(H,34,38)(H,36,37). The molecular weight excluding hydrogens is 498 g/mol. The number of nitrogens with zero attached hydrogens (tertiary/aromatic N) is 2. The van der Waals surface area contributed by atoms with Crippen LogP contribution in [-0.2, 0) is 21.4 Å². The first-order valence-electron chi connectivity index (χ1n) is 12.5. The number of halogens is 1. The average molecular weight is 524 g/mol. The first kappa shape index (κ1) is 24.2. The molecule has 0 bridgehead atoms. The van der Waals surface area contributed by atoms with E-state index in [1.807, 2.05) is 67.7 Å². The van der Waals surface area contributed by atoms with Crippen LogP contribution in [0.15, 0.2) is 79.0 Å². The molecule has 2 aliphatic rings. The zero-order valence-electron chi connectivity index (χ0n) is 21.0. The lowest BCUT2D eigenvalue weighted by Gasteiger charge is -2.14. The third-order valence-corrected chi connectivity index (χ3v) is 7.96. The minimum atomic E-state index is -0.871. The zero-order valence-corrected chi connectivity index (χ0v) is 21.8. The van der Waals surface area contributed by atoms with Crippen molar-refractivity contribution in [2.45, 2.75) is 24.2 Å². The summed E-state index contributed by atoms with van der Waals surface area (Å²) in [6.45, 7) is 0. The molecule has 1 aliphatic heterocycles. The molecule has 2 atom stereocenters. The maximum atomic E-state index is 13.2. The van der Waals surface area contributed by atoms with Gasteiger partial charge in [-0.25, -0.2) is 4.98 Å². The van der Waals surface area contributed by atoms with E-state index in [9.17, 15) is 14.7 Å². The van der Waals surface area contributed by atoms with E-state index < -0.39 is 11.4 Å². The van der Waals surface area contributed by atoms with Crippen LogP contribution in [0.25, 0.3) is 22.3 Å². The first-order chi connectivity index (χ1) is 18.3. The van der Waals surface area contributed by atoms with Gasteiger partial charge in [0.1, 0.15) is 5.82 Å². The van der Waals surface area contributed by atoms with Gasteiger partial charge >= 0.3 is 5.97 Å². The van der Waals surface area contributed by atoms with Gasteiger partial charge in [0.2, 0.25) is 5.91 Å². The van der Waals surface area contributed by atoms with Crippen LogP contribution in [-0.4, -0.2) is 36.1 Å². The topological polar surface area (TPSA) is 82.5 Å². The number of anilines is 2. The molecular formula is C31H26ClN3O3. The monoisotopic (exact) mass is 523 g/mol. The number of aliphatic carboxylic acids is 1. The van der Waals surface area contributed by atoms with Crippen LogP contribution < -0.4 is 10.2 Å². The lowest BCUT2D eigenvalue weighted by molar-refractivity contribution is -0.136. The maximum absolute atomic E-state index is 13.2. The molecule has 1 aliphatic carbocycles. The van der Waals surface area contributed by atoms with E-state index in [4.69, 9.17) is 11.6 Å². The molecule has 38 heavy (non-hydrogen) atoms. The van der Waals surface area contributed by atoms with E-state index in [1.165, 1.54) is 0 Å². The fraction of sp³-hybridized carbons (Fsp3) is 0.194. The Hall–Kier alpha value is -4.16. The Morgan fingerprint density at radius 3 is 2.55 bits per heavy atom. The van der Waals surface area contributed by atoms with Gasteiger partial charge < -0.3 is 15.3 Å². The molecule has 0 radical (unpaired) electrons. The van der Waals surface area contributed by atoms with Gasteiger partial charge in [-0.3, -0.25) is 9.59 Å². The number of carbonyl (C=O) groups is 2. The Morgan fingerprint density at radius 1 is 1.05 bits per heavy atom. The van der Waals surface area contributed by atoms with E-state index in [2.05, 4.69) is 40.6 Å². The minimum Gasteiger partial charge on any atom is -0.481 e. The van der Waals surface area contributed by atoms with E-state index in [1.54, 1.807) is 0 Å². The lowest BCUT2D eigenvalue weighted by Crippen LogP contribution is -2.21. The highest BCUT2D eigenvalue weighted by atomic mass is 35.5. The Labute approximate surface area is 225 Å². The fourth-order valence-corrected chi connectivity index (χ4v) is 5.89. The highest BCUT2D eigenvalue weighted by Gasteiger charge is 2.65. The number of rotatable bonds is 6. The molecule has 6 rings (SSSR count). The molecule has 2 unspecified atom stereocenters. The number of hydrogen-bond donors (Lipinski definition) is 2. The van der Waals surface area contributed by atoms with Crippen LogP contribution in [0, 0.1) is 0 Å². The van der Waals surface area contributed by atoms with Crippen molar-refractivity contribution in [2.24, 2.45) is 0 Å². The van der Waals surface area contributed by atoms with Crippen molar-refractivity contribution in [2.75, 3.05) is 24.3 Å². The lowest BCUT2D eigenvalue weighted by atomic mass is 9.89. The Morgan fingerprint density at radius 2 is 1.82 bits per heavy atom. The van der Waals surface area contributed by atoms with Gasteiger partial charge in [-0.1, -0.05) is 60.1 Å². The van der Waals surface area contributed by atoms with Crippen LogP contribution in [0.5, 0.6) is 0 Å². The summed E-state index contributed by atoms with van der Waals surface area (Å²) in [7, 11) is 3.93. The number of aromatic nitrogens is 1. The summed E-state index contributed by atoms with van der Waals surface area (Å²) in [5, 5.41) is 12.8. The number of carboxylic acids is 1. The number of benzene rings is 3. The number of carbonyl (C=O) groups excluding carboxylic acids is 1. The average Bonchev–Trinajstić information content (AvgIpc) is 3.60. The van der Waals surface area contributed by atoms with Crippen LogP contribution in [0.2, 0.25) is 5.02 Å². The van der Waals surface area contributed by atoms with Crippen molar-refractivity contribution < 1.29 is 14.7 Å². The van der Waals surface area contributed by atoms with E-state index in [-0.39, 0.29) is 18.2 Å². The molecule has 4 aromatic rings. The largest absolute Gasteiger partial charge is 0.481 e. The molecule has 2 heterocycles. The van der Waals surface area contributed by atoms with Crippen molar-refractivity contribution >= 4 is 35.0 Å². The number of hydrogen-bond acceptors (Lipinski definition) is 4. The third kappa shape index (κ3) is 4.02. The highest BCUT2D eigenvalue weighted by Crippen LogP contribution is 2.65.